The van der Waals surface area contributed by atoms with E-state index in [-0.39, 0.29) is 11.3 Å². The summed E-state index contributed by atoms with van der Waals surface area (Å²) in [5.74, 6) is -4.14. The summed E-state index contributed by atoms with van der Waals surface area (Å²) in [6, 6.07) is 0. The molecule has 0 aromatic carbocycles. The SMILES string of the molecule is Cn1nc(C(F)F)c2c1C(F)(F)[C@@H]1CC21. The normalized spacial score (nSPS) is 30.5. The summed E-state index contributed by atoms with van der Waals surface area (Å²) in [6.45, 7) is 0. The molecule has 1 heterocycles. The third-order valence-electron chi connectivity index (χ3n) is 3.26. The van der Waals surface area contributed by atoms with Crippen molar-refractivity contribution in [3.63, 3.8) is 0 Å². The summed E-state index contributed by atoms with van der Waals surface area (Å²) in [7, 11) is 1.30. The lowest BCUT2D eigenvalue weighted by Crippen LogP contribution is -2.18. The molecule has 0 aliphatic heterocycles. The molecule has 6 heteroatoms. The highest BCUT2D eigenvalue weighted by atomic mass is 19.3. The standard InChI is InChI=1S/C9H8F4N2/c1-15-7-5(6(14-15)8(10)11)3-2-4(3)9(7,12)13/h3-4,8H,2H2,1H3/t3?,4-/m1/s1. The van der Waals surface area contributed by atoms with Crippen LogP contribution in [0.1, 0.15) is 35.7 Å². The quantitative estimate of drug-likeness (QED) is 0.665. The van der Waals surface area contributed by atoms with Crippen LogP contribution in [0, 0.1) is 5.92 Å². The van der Waals surface area contributed by atoms with Gasteiger partial charge in [0.1, 0.15) is 11.4 Å². The molecule has 1 aromatic rings. The van der Waals surface area contributed by atoms with Crippen LogP contribution in [0.2, 0.25) is 0 Å². The van der Waals surface area contributed by atoms with Gasteiger partial charge >= 0.3 is 0 Å². The van der Waals surface area contributed by atoms with Gasteiger partial charge in [0.25, 0.3) is 12.3 Å². The average Bonchev–Trinajstić information content (AvgIpc) is 2.78. The van der Waals surface area contributed by atoms with Crippen molar-refractivity contribution in [2.45, 2.75) is 24.7 Å². The van der Waals surface area contributed by atoms with Gasteiger partial charge in [0.05, 0.1) is 0 Å². The van der Waals surface area contributed by atoms with Crippen LogP contribution >= 0.6 is 0 Å². The number of halogens is 4. The number of hydrogen-bond donors (Lipinski definition) is 0. The second kappa shape index (κ2) is 2.36. The fourth-order valence-corrected chi connectivity index (χ4v) is 2.57. The molecule has 0 N–H and O–H groups in total. The minimum absolute atomic E-state index is 0.0995. The highest BCUT2D eigenvalue weighted by Gasteiger charge is 2.66. The smallest absolute Gasteiger partial charge is 0.266 e. The van der Waals surface area contributed by atoms with Gasteiger partial charge in [-0.05, 0) is 12.3 Å². The second-order valence-electron chi connectivity index (χ2n) is 4.14. The Hall–Kier alpha value is -1.07. The zero-order chi connectivity index (χ0) is 11.0. The lowest BCUT2D eigenvalue weighted by Gasteiger charge is -2.12. The molecule has 1 aromatic heterocycles. The van der Waals surface area contributed by atoms with E-state index in [1.807, 2.05) is 0 Å². The first-order chi connectivity index (χ1) is 6.94. The maximum Gasteiger partial charge on any atom is 0.293 e. The molecule has 0 bridgehead atoms. The zero-order valence-electron chi connectivity index (χ0n) is 7.85. The molecule has 2 nitrogen and oxygen atoms in total. The Bertz CT molecular complexity index is 438. The predicted molar refractivity (Wildman–Crippen MR) is 42.9 cm³/mol. The van der Waals surface area contributed by atoms with Crippen molar-refractivity contribution in [2.24, 2.45) is 13.0 Å². The molecule has 0 saturated heterocycles. The molecule has 15 heavy (non-hydrogen) atoms. The first kappa shape index (κ1) is 9.18. The molecule has 2 aliphatic carbocycles. The number of alkyl halides is 4. The van der Waals surface area contributed by atoms with Crippen LogP contribution in [0.4, 0.5) is 17.6 Å². The number of aromatic nitrogens is 2. The molecule has 1 fully saturated rings. The summed E-state index contributed by atoms with van der Waals surface area (Å²) in [4.78, 5) is 0. The summed E-state index contributed by atoms with van der Waals surface area (Å²) >= 11 is 0. The van der Waals surface area contributed by atoms with E-state index in [1.165, 1.54) is 7.05 Å². The van der Waals surface area contributed by atoms with Gasteiger partial charge in [-0.25, -0.2) is 8.78 Å². The predicted octanol–water partition coefficient (Wildman–Crippen LogP) is 2.57. The second-order valence-corrected chi connectivity index (χ2v) is 4.14. The zero-order valence-corrected chi connectivity index (χ0v) is 7.85. The highest BCUT2D eigenvalue weighted by Crippen LogP contribution is 2.67. The summed E-state index contributed by atoms with van der Waals surface area (Å²) in [5.41, 5.74) is -0.668. The Morgan fingerprint density at radius 1 is 1.47 bits per heavy atom. The van der Waals surface area contributed by atoms with Crippen molar-refractivity contribution >= 4 is 0 Å². The number of fused-ring (bicyclic) bond motifs is 3. The van der Waals surface area contributed by atoms with Crippen molar-refractivity contribution in [3.05, 3.63) is 17.0 Å². The fourth-order valence-electron chi connectivity index (χ4n) is 2.57. The topological polar surface area (TPSA) is 17.8 Å². The van der Waals surface area contributed by atoms with E-state index in [4.69, 9.17) is 0 Å². The molecule has 0 radical (unpaired) electrons. The van der Waals surface area contributed by atoms with Gasteiger partial charge in [0, 0.05) is 18.5 Å². The first-order valence-electron chi connectivity index (χ1n) is 4.67. The van der Waals surface area contributed by atoms with E-state index in [0.29, 0.717) is 6.42 Å². The van der Waals surface area contributed by atoms with Crippen LogP contribution in [0.5, 0.6) is 0 Å². The minimum Gasteiger partial charge on any atom is -0.266 e. The van der Waals surface area contributed by atoms with E-state index in [2.05, 4.69) is 5.10 Å². The van der Waals surface area contributed by atoms with E-state index in [9.17, 15) is 17.6 Å². The van der Waals surface area contributed by atoms with Crippen LogP contribution < -0.4 is 0 Å². The van der Waals surface area contributed by atoms with Crippen LogP contribution in [-0.4, -0.2) is 9.78 Å². The van der Waals surface area contributed by atoms with Crippen molar-refractivity contribution in [3.8, 4) is 0 Å². The van der Waals surface area contributed by atoms with Gasteiger partial charge in [0.15, 0.2) is 0 Å². The minimum atomic E-state index is -2.98. The van der Waals surface area contributed by atoms with Gasteiger partial charge in [-0.2, -0.15) is 13.9 Å². The monoisotopic (exact) mass is 220 g/mol. The number of rotatable bonds is 1. The van der Waals surface area contributed by atoms with Crippen LogP contribution in [0.15, 0.2) is 0 Å². The molecule has 2 aliphatic rings. The molecule has 1 unspecified atom stereocenters. The Morgan fingerprint density at radius 2 is 2.13 bits per heavy atom. The van der Waals surface area contributed by atoms with Gasteiger partial charge in [0.2, 0.25) is 0 Å². The maximum absolute atomic E-state index is 13.6. The Labute approximate surface area is 82.9 Å². The molecule has 0 amide bonds. The largest absolute Gasteiger partial charge is 0.293 e. The van der Waals surface area contributed by atoms with Gasteiger partial charge in [-0.15, -0.1) is 0 Å². The Kier molecular flexibility index (Phi) is 1.44. The van der Waals surface area contributed by atoms with Crippen LogP contribution in [0.25, 0.3) is 0 Å². The van der Waals surface area contributed by atoms with E-state index in [1.54, 1.807) is 0 Å². The van der Waals surface area contributed by atoms with Crippen molar-refractivity contribution < 1.29 is 17.6 Å². The molecular formula is C9H8F4N2. The van der Waals surface area contributed by atoms with E-state index in [0.717, 1.165) is 4.68 Å². The van der Waals surface area contributed by atoms with Crippen LogP contribution in [-0.2, 0) is 13.0 Å². The Balaban J connectivity index is 2.23. The van der Waals surface area contributed by atoms with Gasteiger partial charge < -0.3 is 0 Å². The number of hydrogen-bond acceptors (Lipinski definition) is 1. The van der Waals surface area contributed by atoms with Gasteiger partial charge in [-0.3, -0.25) is 4.68 Å². The number of nitrogens with zero attached hydrogens (tertiary/aromatic N) is 2. The Morgan fingerprint density at radius 3 is 2.73 bits per heavy atom. The molecule has 82 valence electrons. The van der Waals surface area contributed by atoms with Crippen LogP contribution in [0.3, 0.4) is 0 Å². The number of aryl methyl sites for hydroxylation is 1. The lowest BCUT2D eigenvalue weighted by atomic mass is 10.1. The van der Waals surface area contributed by atoms with Crippen molar-refractivity contribution in [2.75, 3.05) is 0 Å². The highest BCUT2D eigenvalue weighted by molar-refractivity contribution is 5.46. The molecule has 1 saturated carbocycles. The lowest BCUT2D eigenvalue weighted by molar-refractivity contribution is -0.0302. The molecular weight excluding hydrogens is 212 g/mol. The van der Waals surface area contributed by atoms with Gasteiger partial charge in [-0.1, -0.05) is 0 Å². The third kappa shape index (κ3) is 0.922. The molecule has 3 rings (SSSR count). The maximum atomic E-state index is 13.6. The fraction of sp³-hybridized carbons (Fsp3) is 0.667. The van der Waals surface area contributed by atoms with E-state index >= 15 is 0 Å². The van der Waals surface area contributed by atoms with Crippen molar-refractivity contribution in [1.29, 1.82) is 0 Å². The first-order valence-corrected chi connectivity index (χ1v) is 4.67. The average molecular weight is 220 g/mol. The van der Waals surface area contributed by atoms with Crippen molar-refractivity contribution in [1.82, 2.24) is 9.78 Å². The third-order valence-corrected chi connectivity index (χ3v) is 3.26. The summed E-state index contributed by atoms with van der Waals surface area (Å²) in [6.07, 6.45) is -2.46. The molecule has 2 atom stereocenters. The molecule has 0 spiro atoms. The summed E-state index contributed by atoms with van der Waals surface area (Å²) < 4.78 is 53.2. The summed E-state index contributed by atoms with van der Waals surface area (Å²) in [5, 5.41) is 3.49. The van der Waals surface area contributed by atoms with E-state index < -0.39 is 29.9 Å².